The minimum atomic E-state index is -0.116. The number of aryl methyl sites for hydroxylation is 1. The van der Waals surface area contributed by atoms with E-state index in [0.717, 1.165) is 18.7 Å². The summed E-state index contributed by atoms with van der Waals surface area (Å²) in [6.45, 7) is 4.76. The molecule has 1 aromatic heterocycles. The van der Waals surface area contributed by atoms with Gasteiger partial charge in [-0.15, -0.1) is 0 Å². The van der Waals surface area contributed by atoms with Gasteiger partial charge < -0.3 is 11.5 Å². The fraction of sp³-hybridized carbons (Fsp3) is 0.778. The summed E-state index contributed by atoms with van der Waals surface area (Å²) in [5.41, 5.74) is 11.3. The molecule has 5 nitrogen and oxygen atoms in total. The van der Waals surface area contributed by atoms with Gasteiger partial charge >= 0.3 is 0 Å². The highest BCUT2D eigenvalue weighted by atomic mass is 15.4. The molecule has 14 heavy (non-hydrogen) atoms. The Morgan fingerprint density at radius 2 is 1.93 bits per heavy atom. The van der Waals surface area contributed by atoms with Crippen LogP contribution < -0.4 is 11.5 Å². The van der Waals surface area contributed by atoms with Crippen LogP contribution in [0.1, 0.15) is 32.5 Å². The van der Waals surface area contributed by atoms with Crippen molar-refractivity contribution >= 4 is 5.95 Å². The van der Waals surface area contributed by atoms with Gasteiger partial charge in [-0.1, -0.05) is 13.8 Å². The van der Waals surface area contributed by atoms with E-state index >= 15 is 0 Å². The lowest BCUT2D eigenvalue weighted by molar-refractivity contribution is 0.381. The third kappa shape index (κ3) is 1.59. The SMILES string of the molecule is CCC(CC)(CN)c1nc(N)n(C)n1. The maximum Gasteiger partial charge on any atom is 0.218 e. The van der Waals surface area contributed by atoms with E-state index in [1.54, 1.807) is 11.7 Å². The predicted octanol–water partition coefficient (Wildman–Crippen LogP) is 0.414. The summed E-state index contributed by atoms with van der Waals surface area (Å²) in [7, 11) is 1.79. The molecule has 0 saturated carbocycles. The molecule has 0 bridgehead atoms. The summed E-state index contributed by atoms with van der Waals surface area (Å²) < 4.78 is 1.59. The summed E-state index contributed by atoms with van der Waals surface area (Å²) >= 11 is 0. The molecule has 0 aliphatic rings. The van der Waals surface area contributed by atoms with Crippen LogP contribution in [0.5, 0.6) is 0 Å². The Morgan fingerprint density at radius 3 is 2.21 bits per heavy atom. The third-order valence-corrected chi connectivity index (χ3v) is 3.02. The lowest BCUT2D eigenvalue weighted by Crippen LogP contribution is -2.35. The van der Waals surface area contributed by atoms with Crippen molar-refractivity contribution in [2.45, 2.75) is 32.1 Å². The van der Waals surface area contributed by atoms with Crippen molar-refractivity contribution in [1.29, 1.82) is 0 Å². The van der Waals surface area contributed by atoms with Gasteiger partial charge in [0.05, 0.1) is 0 Å². The van der Waals surface area contributed by atoms with Gasteiger partial charge in [-0.2, -0.15) is 10.1 Å². The molecular weight excluding hydrogens is 178 g/mol. The predicted molar refractivity (Wildman–Crippen MR) is 56.7 cm³/mol. The zero-order valence-corrected chi connectivity index (χ0v) is 9.12. The van der Waals surface area contributed by atoms with Crippen LogP contribution in [0, 0.1) is 0 Å². The van der Waals surface area contributed by atoms with Crippen LogP contribution in [-0.2, 0) is 12.5 Å². The van der Waals surface area contributed by atoms with Crippen molar-refractivity contribution in [3.63, 3.8) is 0 Å². The van der Waals surface area contributed by atoms with E-state index in [9.17, 15) is 0 Å². The molecule has 4 N–H and O–H groups in total. The lowest BCUT2D eigenvalue weighted by Gasteiger charge is -2.26. The standard InChI is InChI=1S/C9H19N5/c1-4-9(5-2,6-10)7-12-8(11)14(3)13-7/h4-6,10H2,1-3H3,(H2,11,12,13). The van der Waals surface area contributed by atoms with E-state index in [2.05, 4.69) is 23.9 Å². The van der Waals surface area contributed by atoms with Crippen LogP contribution in [0.2, 0.25) is 0 Å². The highest BCUT2D eigenvalue weighted by Gasteiger charge is 2.31. The smallest absolute Gasteiger partial charge is 0.218 e. The Morgan fingerprint density at radius 1 is 1.36 bits per heavy atom. The molecule has 0 aliphatic heterocycles. The van der Waals surface area contributed by atoms with Gasteiger partial charge in [0.1, 0.15) is 0 Å². The molecule has 1 heterocycles. The van der Waals surface area contributed by atoms with Gasteiger partial charge in [0.25, 0.3) is 0 Å². The highest BCUT2D eigenvalue weighted by Crippen LogP contribution is 2.28. The molecule has 0 atom stereocenters. The van der Waals surface area contributed by atoms with Gasteiger partial charge in [-0.3, -0.25) is 0 Å². The van der Waals surface area contributed by atoms with E-state index in [-0.39, 0.29) is 5.41 Å². The second kappa shape index (κ2) is 3.96. The zero-order chi connectivity index (χ0) is 10.8. The summed E-state index contributed by atoms with van der Waals surface area (Å²) in [6.07, 6.45) is 1.87. The lowest BCUT2D eigenvalue weighted by atomic mass is 9.82. The minimum absolute atomic E-state index is 0.116. The number of rotatable bonds is 4. The molecule has 0 aromatic carbocycles. The molecule has 0 amide bonds. The number of hydrogen-bond acceptors (Lipinski definition) is 4. The Kier molecular flexibility index (Phi) is 3.10. The van der Waals surface area contributed by atoms with Crippen LogP contribution in [0.3, 0.4) is 0 Å². The van der Waals surface area contributed by atoms with Crippen LogP contribution in [0.15, 0.2) is 0 Å². The zero-order valence-electron chi connectivity index (χ0n) is 9.12. The third-order valence-electron chi connectivity index (χ3n) is 3.02. The van der Waals surface area contributed by atoms with Crippen molar-refractivity contribution in [1.82, 2.24) is 14.8 Å². The van der Waals surface area contributed by atoms with Crippen molar-refractivity contribution in [2.24, 2.45) is 12.8 Å². The number of hydrogen-bond donors (Lipinski definition) is 2. The second-order valence-corrected chi connectivity index (χ2v) is 3.61. The fourth-order valence-electron chi connectivity index (χ4n) is 1.57. The van der Waals surface area contributed by atoms with E-state index in [1.165, 1.54) is 0 Å². The number of nitrogens with two attached hydrogens (primary N) is 2. The minimum Gasteiger partial charge on any atom is -0.368 e. The van der Waals surface area contributed by atoms with Gasteiger partial charge in [-0.25, -0.2) is 4.68 Å². The number of aromatic nitrogens is 3. The van der Waals surface area contributed by atoms with Crippen LogP contribution in [0.25, 0.3) is 0 Å². The van der Waals surface area contributed by atoms with Crippen LogP contribution >= 0.6 is 0 Å². The maximum absolute atomic E-state index is 5.79. The summed E-state index contributed by atoms with van der Waals surface area (Å²) in [4.78, 5) is 4.24. The summed E-state index contributed by atoms with van der Waals surface area (Å²) in [5.74, 6) is 1.21. The van der Waals surface area contributed by atoms with Crippen molar-refractivity contribution in [3.8, 4) is 0 Å². The second-order valence-electron chi connectivity index (χ2n) is 3.61. The molecule has 0 aliphatic carbocycles. The van der Waals surface area contributed by atoms with Gasteiger partial charge in [0.2, 0.25) is 5.95 Å². The van der Waals surface area contributed by atoms with E-state index in [4.69, 9.17) is 11.5 Å². The number of nitrogens with zero attached hydrogens (tertiary/aromatic N) is 3. The first kappa shape index (κ1) is 11.0. The van der Waals surface area contributed by atoms with Gasteiger partial charge in [0, 0.05) is 19.0 Å². The van der Waals surface area contributed by atoms with E-state index < -0.39 is 0 Å². The normalized spacial score (nSPS) is 12.0. The van der Waals surface area contributed by atoms with E-state index in [0.29, 0.717) is 12.5 Å². The monoisotopic (exact) mass is 197 g/mol. The summed E-state index contributed by atoms with van der Waals surface area (Å²) in [6, 6.07) is 0. The molecule has 5 heteroatoms. The Labute approximate surface area is 84.5 Å². The maximum atomic E-state index is 5.79. The van der Waals surface area contributed by atoms with Crippen LogP contribution in [0.4, 0.5) is 5.95 Å². The Hall–Kier alpha value is -1.10. The molecule has 1 aromatic rings. The average molecular weight is 197 g/mol. The molecule has 0 unspecified atom stereocenters. The Balaban J connectivity index is 3.10. The average Bonchev–Trinajstić information content (AvgIpc) is 2.51. The molecule has 0 fully saturated rings. The van der Waals surface area contributed by atoms with Crippen LogP contribution in [-0.4, -0.2) is 21.3 Å². The van der Waals surface area contributed by atoms with E-state index in [1.807, 2.05) is 0 Å². The van der Waals surface area contributed by atoms with Gasteiger partial charge in [0.15, 0.2) is 5.82 Å². The molecule has 0 radical (unpaired) electrons. The first-order valence-corrected chi connectivity index (χ1v) is 4.96. The molecule has 0 saturated heterocycles. The topological polar surface area (TPSA) is 82.7 Å². The number of anilines is 1. The van der Waals surface area contributed by atoms with Gasteiger partial charge in [-0.05, 0) is 12.8 Å². The summed E-state index contributed by atoms with van der Waals surface area (Å²) in [5, 5.41) is 4.30. The molecule has 80 valence electrons. The van der Waals surface area contributed by atoms with Crippen molar-refractivity contribution in [2.75, 3.05) is 12.3 Å². The first-order chi connectivity index (χ1) is 6.59. The van der Waals surface area contributed by atoms with Crippen molar-refractivity contribution in [3.05, 3.63) is 5.82 Å². The quantitative estimate of drug-likeness (QED) is 0.732. The fourth-order valence-corrected chi connectivity index (χ4v) is 1.57. The largest absolute Gasteiger partial charge is 0.368 e. The Bertz CT molecular complexity index is 272. The van der Waals surface area contributed by atoms with Crippen molar-refractivity contribution < 1.29 is 0 Å². The first-order valence-electron chi connectivity index (χ1n) is 4.96. The molecule has 0 spiro atoms. The highest BCUT2D eigenvalue weighted by molar-refractivity contribution is 5.20. The number of nitrogen functional groups attached to an aromatic ring is 1. The molecular formula is C9H19N5. The molecule has 1 rings (SSSR count).